The van der Waals surface area contributed by atoms with Gasteiger partial charge in [0, 0.05) is 13.1 Å². The molecule has 1 atom stereocenters. The maximum Gasteiger partial charge on any atom is 0.327 e. The number of hydrogen-bond acceptors (Lipinski definition) is 4. The number of hydrogen-bond donors (Lipinski definition) is 1. The molecule has 0 spiro atoms. The van der Waals surface area contributed by atoms with Gasteiger partial charge in [-0.1, -0.05) is 13.8 Å². The zero-order valence-electron chi connectivity index (χ0n) is 8.02. The Morgan fingerprint density at radius 2 is 2.08 bits per heavy atom. The Balaban J connectivity index is 3.55. The van der Waals surface area contributed by atoms with E-state index in [4.69, 9.17) is 4.89 Å². The van der Waals surface area contributed by atoms with Gasteiger partial charge < -0.3 is 9.63 Å². The highest BCUT2D eigenvalue weighted by molar-refractivity contribution is 7.51. The van der Waals surface area contributed by atoms with Gasteiger partial charge in [0.05, 0.1) is 0 Å². The van der Waals surface area contributed by atoms with E-state index in [1.165, 1.54) is 0 Å². The van der Waals surface area contributed by atoms with E-state index in [9.17, 15) is 9.36 Å². The van der Waals surface area contributed by atoms with Gasteiger partial charge in [-0.25, -0.2) is 0 Å². The van der Waals surface area contributed by atoms with E-state index in [-0.39, 0.29) is 12.3 Å². The Labute approximate surface area is 77.6 Å². The summed E-state index contributed by atoms with van der Waals surface area (Å²) in [6, 6.07) is 0. The first-order chi connectivity index (χ1) is 5.81. The van der Waals surface area contributed by atoms with E-state index >= 15 is 0 Å². The van der Waals surface area contributed by atoms with E-state index in [1.807, 2.05) is 13.8 Å². The first-order valence-electron chi connectivity index (χ1n) is 3.91. The van der Waals surface area contributed by atoms with E-state index in [0.29, 0.717) is 0 Å². The van der Waals surface area contributed by atoms with E-state index in [2.05, 4.69) is 9.26 Å². The summed E-state index contributed by atoms with van der Waals surface area (Å²) in [6.45, 7) is 4.32. The van der Waals surface area contributed by atoms with Crippen molar-refractivity contribution in [3.63, 3.8) is 0 Å². The van der Waals surface area contributed by atoms with Gasteiger partial charge in [0.25, 0.3) is 0 Å². The van der Waals surface area contributed by atoms with Crippen LogP contribution in [-0.4, -0.2) is 24.3 Å². The number of esters is 1. The summed E-state index contributed by atoms with van der Waals surface area (Å²) in [5.41, 5.74) is 0. The molecule has 0 saturated heterocycles. The smallest absolute Gasteiger partial charge is 0.327 e. The molecule has 0 saturated carbocycles. The first kappa shape index (κ1) is 12.6. The molecule has 1 N–H and O–H groups in total. The molecule has 0 heterocycles. The molecule has 0 bridgehead atoms. The largest absolute Gasteiger partial charge is 0.438 e. The summed E-state index contributed by atoms with van der Waals surface area (Å²) in [5, 5.41) is 0. The van der Waals surface area contributed by atoms with Gasteiger partial charge in [-0.2, -0.15) is 0 Å². The predicted molar refractivity (Wildman–Crippen MR) is 47.2 cm³/mol. The molecular formula is C7H15O5P. The van der Waals surface area contributed by atoms with Crippen LogP contribution in [0, 0.1) is 5.92 Å². The van der Waals surface area contributed by atoms with Crippen molar-refractivity contribution in [1.29, 1.82) is 0 Å². The second kappa shape index (κ2) is 5.37. The Hall–Kier alpha value is -0.380. The third kappa shape index (κ3) is 9.53. The monoisotopic (exact) mass is 210 g/mol. The van der Waals surface area contributed by atoms with E-state index < -0.39 is 20.4 Å². The predicted octanol–water partition coefficient (Wildman–Crippen LogP) is 1.36. The van der Waals surface area contributed by atoms with Crippen molar-refractivity contribution >= 4 is 13.6 Å². The fourth-order valence-corrected chi connectivity index (χ4v) is 0.830. The van der Waals surface area contributed by atoms with E-state index in [0.717, 1.165) is 6.66 Å². The Bertz CT molecular complexity index is 207. The van der Waals surface area contributed by atoms with Crippen LogP contribution in [0.25, 0.3) is 0 Å². The fraction of sp³-hybridized carbons (Fsp3) is 0.857. The quantitative estimate of drug-likeness (QED) is 0.421. The lowest BCUT2D eigenvalue weighted by Gasteiger charge is -2.08. The summed E-state index contributed by atoms with van der Waals surface area (Å²) >= 11 is 0. The van der Waals surface area contributed by atoms with Gasteiger partial charge in [-0.15, -0.1) is 0 Å². The molecule has 0 aliphatic rings. The zero-order valence-corrected chi connectivity index (χ0v) is 8.91. The van der Waals surface area contributed by atoms with E-state index in [1.54, 1.807) is 0 Å². The molecule has 6 heteroatoms. The van der Waals surface area contributed by atoms with Crippen LogP contribution in [-0.2, 0) is 18.6 Å². The summed E-state index contributed by atoms with van der Waals surface area (Å²) in [7, 11) is -3.53. The maximum absolute atomic E-state index is 10.9. The molecule has 0 aliphatic heterocycles. The highest BCUT2D eigenvalue weighted by Gasteiger charge is 2.11. The van der Waals surface area contributed by atoms with Crippen molar-refractivity contribution in [2.45, 2.75) is 20.3 Å². The average molecular weight is 210 g/mol. The molecule has 13 heavy (non-hydrogen) atoms. The fourth-order valence-electron chi connectivity index (χ4n) is 0.582. The van der Waals surface area contributed by atoms with Crippen molar-refractivity contribution < 1.29 is 23.5 Å². The molecule has 0 aromatic carbocycles. The average Bonchev–Trinajstić information content (AvgIpc) is 1.81. The Morgan fingerprint density at radius 3 is 2.46 bits per heavy atom. The molecule has 0 aromatic rings. The molecule has 1 unspecified atom stereocenters. The summed E-state index contributed by atoms with van der Waals surface area (Å²) in [4.78, 5) is 19.5. The second-order valence-electron chi connectivity index (χ2n) is 3.16. The van der Waals surface area contributed by atoms with Gasteiger partial charge in [-0.3, -0.25) is 13.9 Å². The van der Waals surface area contributed by atoms with Crippen molar-refractivity contribution in [1.82, 2.24) is 0 Å². The molecule has 0 aliphatic carbocycles. The SMILES string of the molecule is CC(C)CC(=O)OCOP(C)(=O)O. The molecule has 0 radical (unpaired) electrons. The van der Waals surface area contributed by atoms with Gasteiger partial charge in [0.2, 0.25) is 6.79 Å². The topological polar surface area (TPSA) is 72.8 Å². The summed E-state index contributed by atoms with van der Waals surface area (Å²) < 4.78 is 19.4. The third-order valence-electron chi connectivity index (χ3n) is 1.09. The number of carbonyl (C=O) groups excluding carboxylic acids is 1. The van der Waals surface area contributed by atoms with Crippen LogP contribution in [0.2, 0.25) is 0 Å². The lowest BCUT2D eigenvalue weighted by molar-refractivity contribution is -0.151. The number of ether oxygens (including phenoxy) is 1. The molecule has 0 rings (SSSR count). The highest BCUT2D eigenvalue weighted by Crippen LogP contribution is 2.36. The van der Waals surface area contributed by atoms with Crippen molar-refractivity contribution in [3.05, 3.63) is 0 Å². The third-order valence-corrected chi connectivity index (χ3v) is 1.67. The van der Waals surface area contributed by atoms with Crippen LogP contribution >= 0.6 is 7.60 Å². The lowest BCUT2D eigenvalue weighted by atomic mass is 10.1. The van der Waals surface area contributed by atoms with Crippen LogP contribution < -0.4 is 0 Å². The minimum absolute atomic E-state index is 0.204. The maximum atomic E-state index is 10.9. The standard InChI is InChI=1S/C7H15O5P/c1-6(2)4-7(8)11-5-12-13(3,9)10/h6H,4-5H2,1-3H3,(H,9,10). The van der Waals surface area contributed by atoms with Crippen LogP contribution in [0.15, 0.2) is 0 Å². The zero-order chi connectivity index (χ0) is 10.5. The minimum Gasteiger partial charge on any atom is -0.438 e. The van der Waals surface area contributed by atoms with Crippen molar-refractivity contribution in [3.8, 4) is 0 Å². The summed E-state index contributed by atoms with van der Waals surface area (Å²) in [6.07, 6.45) is 0.281. The first-order valence-corrected chi connectivity index (χ1v) is 5.94. The second-order valence-corrected chi connectivity index (χ2v) is 5.03. The van der Waals surface area contributed by atoms with Crippen molar-refractivity contribution in [2.24, 2.45) is 5.92 Å². The highest BCUT2D eigenvalue weighted by atomic mass is 31.2. The summed E-state index contributed by atoms with van der Waals surface area (Å²) in [5.74, 6) is -0.224. The van der Waals surface area contributed by atoms with Crippen LogP contribution in [0.5, 0.6) is 0 Å². The van der Waals surface area contributed by atoms with Crippen molar-refractivity contribution in [2.75, 3.05) is 13.5 Å². The van der Waals surface area contributed by atoms with Crippen LogP contribution in [0.4, 0.5) is 0 Å². The van der Waals surface area contributed by atoms with Gasteiger partial charge in [-0.05, 0) is 5.92 Å². The number of carbonyl (C=O) groups is 1. The van der Waals surface area contributed by atoms with Gasteiger partial charge in [0.1, 0.15) is 0 Å². The molecule has 0 aromatic heterocycles. The Kier molecular flexibility index (Phi) is 5.21. The van der Waals surface area contributed by atoms with Crippen LogP contribution in [0.3, 0.4) is 0 Å². The molecular weight excluding hydrogens is 195 g/mol. The molecule has 0 fully saturated rings. The molecule has 78 valence electrons. The molecule has 0 amide bonds. The minimum atomic E-state index is -3.53. The number of rotatable bonds is 5. The Morgan fingerprint density at radius 1 is 1.54 bits per heavy atom. The normalized spacial score (nSPS) is 15.5. The van der Waals surface area contributed by atoms with Gasteiger partial charge in [0.15, 0.2) is 0 Å². The van der Waals surface area contributed by atoms with Crippen LogP contribution in [0.1, 0.15) is 20.3 Å². The lowest BCUT2D eigenvalue weighted by Crippen LogP contribution is -2.09. The van der Waals surface area contributed by atoms with Gasteiger partial charge >= 0.3 is 13.6 Å². The molecule has 5 nitrogen and oxygen atoms in total.